The van der Waals surface area contributed by atoms with Gasteiger partial charge < -0.3 is 0 Å². The van der Waals surface area contributed by atoms with Gasteiger partial charge in [-0.05, 0) is 58.4 Å². The van der Waals surface area contributed by atoms with E-state index >= 15 is 0 Å². The molecule has 0 radical (unpaired) electrons. The van der Waals surface area contributed by atoms with Crippen LogP contribution in [0.2, 0.25) is 0 Å². The average Bonchev–Trinajstić information content (AvgIpc) is 2.46. The number of piperidine rings is 1. The number of nitrogens with zero attached hydrogens (tertiary/aromatic N) is 1. The van der Waals surface area contributed by atoms with Crippen molar-refractivity contribution in [2.24, 2.45) is 5.92 Å². The topological polar surface area (TPSA) is 49.4 Å². The summed E-state index contributed by atoms with van der Waals surface area (Å²) in [7, 11) is -3.12. The molecule has 4 nitrogen and oxygen atoms in total. The molecule has 0 spiro atoms. The zero-order valence-corrected chi connectivity index (χ0v) is 13.5. The molecule has 0 aromatic heterocycles. The van der Waals surface area contributed by atoms with Gasteiger partial charge in [-0.2, -0.15) is 0 Å². The van der Waals surface area contributed by atoms with E-state index in [2.05, 4.69) is 21.8 Å². The van der Waals surface area contributed by atoms with Crippen molar-refractivity contribution in [2.75, 3.05) is 19.6 Å². The highest BCUT2D eigenvalue weighted by atomic mass is 32.2. The Morgan fingerprint density at radius 2 is 2.10 bits per heavy atom. The van der Waals surface area contributed by atoms with Crippen molar-refractivity contribution in [3.8, 4) is 0 Å². The predicted molar refractivity (Wildman–Crippen MR) is 83.1 cm³/mol. The second-order valence-corrected chi connectivity index (χ2v) is 8.69. The van der Waals surface area contributed by atoms with E-state index in [1.54, 1.807) is 13.8 Å². The third-order valence-electron chi connectivity index (χ3n) is 4.44. The Morgan fingerprint density at radius 1 is 1.30 bits per heavy atom. The molecule has 1 fully saturated rings. The molecule has 1 aliphatic carbocycles. The number of allylic oxidation sites excluding steroid dienone is 1. The van der Waals surface area contributed by atoms with Crippen LogP contribution < -0.4 is 4.72 Å². The van der Waals surface area contributed by atoms with Gasteiger partial charge in [-0.25, -0.2) is 13.1 Å². The predicted octanol–water partition coefficient (Wildman–Crippen LogP) is 2.13. The fraction of sp³-hybridized carbons (Fsp3) is 0.867. The summed E-state index contributed by atoms with van der Waals surface area (Å²) in [6.45, 7) is 6.22. The molecule has 2 atom stereocenters. The first-order valence-corrected chi connectivity index (χ1v) is 9.43. The lowest BCUT2D eigenvalue weighted by atomic mass is 9.94. The molecule has 1 aliphatic heterocycles. The molecule has 1 heterocycles. The van der Waals surface area contributed by atoms with E-state index in [4.69, 9.17) is 0 Å². The van der Waals surface area contributed by atoms with Crippen LogP contribution in [-0.2, 0) is 10.0 Å². The van der Waals surface area contributed by atoms with E-state index in [1.807, 2.05) is 0 Å². The van der Waals surface area contributed by atoms with E-state index in [-0.39, 0.29) is 5.25 Å². The van der Waals surface area contributed by atoms with Gasteiger partial charge in [0.25, 0.3) is 0 Å². The monoisotopic (exact) mass is 300 g/mol. The summed E-state index contributed by atoms with van der Waals surface area (Å²) in [4.78, 5) is 2.54. The van der Waals surface area contributed by atoms with Gasteiger partial charge in [0, 0.05) is 19.1 Å². The molecule has 0 aromatic carbocycles. The summed E-state index contributed by atoms with van der Waals surface area (Å²) in [6, 6.07) is 0.577. The first-order valence-electron chi connectivity index (χ1n) is 7.88. The fourth-order valence-electron chi connectivity index (χ4n) is 3.06. The molecule has 5 heteroatoms. The Labute approximate surface area is 123 Å². The molecule has 0 bridgehead atoms. The summed E-state index contributed by atoms with van der Waals surface area (Å²) < 4.78 is 26.4. The average molecular weight is 300 g/mol. The number of hydrogen-bond donors (Lipinski definition) is 1. The molecule has 116 valence electrons. The highest BCUT2D eigenvalue weighted by Crippen LogP contribution is 2.23. The summed E-state index contributed by atoms with van der Waals surface area (Å²) in [5, 5.41) is -0.344. The zero-order chi connectivity index (χ0) is 14.6. The van der Waals surface area contributed by atoms with Gasteiger partial charge in [0.05, 0.1) is 5.25 Å². The van der Waals surface area contributed by atoms with E-state index in [9.17, 15) is 8.42 Å². The van der Waals surface area contributed by atoms with E-state index < -0.39 is 10.0 Å². The van der Waals surface area contributed by atoms with Crippen LogP contribution in [0.4, 0.5) is 0 Å². The Balaban J connectivity index is 1.84. The van der Waals surface area contributed by atoms with Gasteiger partial charge in [0.1, 0.15) is 0 Å². The van der Waals surface area contributed by atoms with Gasteiger partial charge >= 0.3 is 0 Å². The van der Waals surface area contributed by atoms with E-state index in [0.29, 0.717) is 18.5 Å². The van der Waals surface area contributed by atoms with Crippen LogP contribution in [0.1, 0.15) is 46.0 Å². The third-order valence-corrected chi connectivity index (χ3v) is 6.25. The fourth-order valence-corrected chi connectivity index (χ4v) is 3.87. The van der Waals surface area contributed by atoms with Crippen molar-refractivity contribution in [3.05, 3.63) is 12.2 Å². The standard InChI is InChI=1S/C15H28N2O2S/c1-13(2)20(18,19)16-11-14-7-6-10-17(12-14)15-8-4-3-5-9-15/h4,8,13-16H,3,5-7,9-12H2,1-2H3. The van der Waals surface area contributed by atoms with Crippen LogP contribution in [0, 0.1) is 5.92 Å². The Bertz CT molecular complexity index is 431. The number of rotatable bonds is 5. The first kappa shape index (κ1) is 16.0. The number of hydrogen-bond acceptors (Lipinski definition) is 3. The highest BCUT2D eigenvalue weighted by molar-refractivity contribution is 7.90. The molecule has 1 N–H and O–H groups in total. The van der Waals surface area contributed by atoms with Crippen molar-refractivity contribution >= 4 is 10.0 Å². The number of sulfonamides is 1. The van der Waals surface area contributed by atoms with Gasteiger partial charge in [-0.1, -0.05) is 12.2 Å². The number of likely N-dealkylation sites (tertiary alicyclic amines) is 1. The molecule has 20 heavy (non-hydrogen) atoms. The van der Waals surface area contributed by atoms with Crippen molar-refractivity contribution in [3.63, 3.8) is 0 Å². The first-order chi connectivity index (χ1) is 9.49. The third kappa shape index (κ3) is 4.30. The van der Waals surface area contributed by atoms with E-state index in [0.717, 1.165) is 19.5 Å². The molecule has 0 amide bonds. The summed E-state index contributed by atoms with van der Waals surface area (Å²) >= 11 is 0. The van der Waals surface area contributed by atoms with Crippen LogP contribution in [0.5, 0.6) is 0 Å². The maximum atomic E-state index is 11.8. The molecule has 2 aliphatic rings. The molecule has 1 saturated heterocycles. The van der Waals surface area contributed by atoms with Crippen LogP contribution in [-0.4, -0.2) is 44.2 Å². The largest absolute Gasteiger partial charge is 0.297 e. The minimum absolute atomic E-state index is 0.344. The Morgan fingerprint density at radius 3 is 2.75 bits per heavy atom. The van der Waals surface area contributed by atoms with Gasteiger partial charge in [-0.15, -0.1) is 0 Å². The lowest BCUT2D eigenvalue weighted by Gasteiger charge is -2.38. The second-order valence-electron chi connectivity index (χ2n) is 6.37. The summed E-state index contributed by atoms with van der Waals surface area (Å²) in [5.41, 5.74) is 0. The van der Waals surface area contributed by atoms with Crippen LogP contribution in [0.3, 0.4) is 0 Å². The maximum absolute atomic E-state index is 11.8. The molecular formula is C15H28N2O2S. The zero-order valence-electron chi connectivity index (χ0n) is 12.7. The van der Waals surface area contributed by atoms with Crippen LogP contribution >= 0.6 is 0 Å². The minimum Gasteiger partial charge on any atom is -0.297 e. The Kier molecular flexibility index (Phi) is 5.64. The molecule has 0 aromatic rings. The van der Waals surface area contributed by atoms with E-state index in [1.165, 1.54) is 25.7 Å². The highest BCUT2D eigenvalue weighted by Gasteiger charge is 2.26. The quantitative estimate of drug-likeness (QED) is 0.791. The van der Waals surface area contributed by atoms with Crippen molar-refractivity contribution < 1.29 is 8.42 Å². The van der Waals surface area contributed by atoms with Crippen molar-refractivity contribution in [2.45, 2.75) is 57.2 Å². The van der Waals surface area contributed by atoms with Gasteiger partial charge in [0.2, 0.25) is 10.0 Å². The van der Waals surface area contributed by atoms with Crippen LogP contribution in [0.25, 0.3) is 0 Å². The van der Waals surface area contributed by atoms with Crippen molar-refractivity contribution in [1.82, 2.24) is 9.62 Å². The summed E-state index contributed by atoms with van der Waals surface area (Å²) in [5.74, 6) is 0.451. The normalized spacial score (nSPS) is 28.9. The lowest BCUT2D eigenvalue weighted by molar-refractivity contribution is 0.137. The number of nitrogens with one attached hydrogen (secondary N) is 1. The lowest BCUT2D eigenvalue weighted by Crippen LogP contribution is -2.46. The smallest absolute Gasteiger partial charge is 0.213 e. The van der Waals surface area contributed by atoms with Crippen LogP contribution in [0.15, 0.2) is 12.2 Å². The molecular weight excluding hydrogens is 272 g/mol. The second kappa shape index (κ2) is 7.05. The van der Waals surface area contributed by atoms with Gasteiger partial charge in [-0.3, -0.25) is 4.90 Å². The minimum atomic E-state index is -3.12. The SMILES string of the molecule is CC(C)S(=O)(=O)NCC1CCCN(C2C=CCCC2)C1. The molecule has 2 unspecified atom stereocenters. The molecule has 0 saturated carbocycles. The summed E-state index contributed by atoms with van der Waals surface area (Å²) in [6.07, 6.45) is 10.7. The van der Waals surface area contributed by atoms with Crippen molar-refractivity contribution in [1.29, 1.82) is 0 Å². The maximum Gasteiger partial charge on any atom is 0.213 e. The molecule has 2 rings (SSSR count). The Hall–Kier alpha value is -0.390. The van der Waals surface area contributed by atoms with Gasteiger partial charge in [0.15, 0.2) is 0 Å².